The fraction of sp³-hybridized carbons (Fsp3) is 0.188. The number of rotatable bonds is 5. The number of anilines is 1. The average Bonchev–Trinajstić information content (AvgIpc) is 2.55. The molecule has 0 saturated carbocycles. The minimum absolute atomic E-state index is 0.0703. The molecule has 0 spiro atoms. The molecular weight excluding hydrogens is 304 g/mol. The lowest BCUT2D eigenvalue weighted by Crippen LogP contribution is -2.22. The quantitative estimate of drug-likeness (QED) is 0.656. The van der Waals surface area contributed by atoms with E-state index in [1.165, 1.54) is 14.2 Å². The highest BCUT2D eigenvalue weighted by Gasteiger charge is 2.06. The minimum Gasteiger partial charge on any atom is -0.493 e. The molecule has 0 fully saturated rings. The van der Waals surface area contributed by atoms with Crippen LogP contribution in [0.3, 0.4) is 0 Å². The van der Waals surface area contributed by atoms with Gasteiger partial charge in [-0.15, -0.1) is 0 Å². The van der Waals surface area contributed by atoms with Gasteiger partial charge in [0, 0.05) is 17.3 Å². The van der Waals surface area contributed by atoms with Gasteiger partial charge < -0.3 is 20.5 Å². The summed E-state index contributed by atoms with van der Waals surface area (Å²) in [5.74, 6) is 0.120. The van der Waals surface area contributed by atoms with Crippen LogP contribution in [0.25, 0.3) is 0 Å². The Morgan fingerprint density at radius 3 is 2.52 bits per heavy atom. The lowest BCUT2D eigenvalue weighted by Gasteiger charge is -2.11. The monoisotopic (exact) mass is 321 g/mol. The van der Waals surface area contributed by atoms with Crippen LogP contribution in [0, 0.1) is 11.6 Å². The molecule has 7 heteroatoms. The molecule has 0 aromatic heterocycles. The second kappa shape index (κ2) is 7.44. The summed E-state index contributed by atoms with van der Waals surface area (Å²) >= 11 is 0. The van der Waals surface area contributed by atoms with Gasteiger partial charge in [-0.2, -0.15) is 0 Å². The number of guanidine groups is 1. The first-order valence-corrected chi connectivity index (χ1v) is 6.76. The third-order valence-electron chi connectivity index (χ3n) is 3.08. The fourth-order valence-corrected chi connectivity index (χ4v) is 1.94. The summed E-state index contributed by atoms with van der Waals surface area (Å²) in [6, 6.07) is 8.31. The standard InChI is InChI=1S/C16H17F2N3O2/c1-22-14-6-4-12(8-15(14)23-2)21-16(19)20-9-10-7-11(17)3-5-13(10)18/h3-8H,9H2,1-2H3,(H3,19,20,21). The molecule has 0 amide bonds. The lowest BCUT2D eigenvalue weighted by molar-refractivity contribution is 0.355. The maximum atomic E-state index is 13.5. The Kier molecular flexibility index (Phi) is 5.35. The number of benzene rings is 2. The van der Waals surface area contributed by atoms with E-state index < -0.39 is 11.6 Å². The van der Waals surface area contributed by atoms with Crippen molar-refractivity contribution in [2.24, 2.45) is 10.7 Å². The number of hydrogen-bond donors (Lipinski definition) is 2. The predicted molar refractivity (Wildman–Crippen MR) is 84.9 cm³/mol. The number of halogens is 2. The second-order valence-electron chi connectivity index (χ2n) is 4.63. The molecule has 0 aliphatic carbocycles. The Morgan fingerprint density at radius 2 is 1.83 bits per heavy atom. The molecule has 5 nitrogen and oxygen atoms in total. The molecule has 122 valence electrons. The Hall–Kier alpha value is -2.83. The van der Waals surface area contributed by atoms with Gasteiger partial charge in [-0.05, 0) is 30.3 Å². The van der Waals surface area contributed by atoms with Crippen LogP contribution in [0.4, 0.5) is 14.5 Å². The van der Waals surface area contributed by atoms with Crippen LogP contribution in [0.2, 0.25) is 0 Å². The number of aliphatic imine (C=N–C) groups is 1. The first-order chi connectivity index (χ1) is 11.0. The van der Waals surface area contributed by atoms with E-state index in [0.29, 0.717) is 17.2 Å². The van der Waals surface area contributed by atoms with Crippen molar-refractivity contribution < 1.29 is 18.3 Å². The smallest absolute Gasteiger partial charge is 0.193 e. The number of nitrogens with zero attached hydrogens (tertiary/aromatic N) is 1. The van der Waals surface area contributed by atoms with Crippen LogP contribution < -0.4 is 20.5 Å². The number of methoxy groups -OCH3 is 2. The van der Waals surface area contributed by atoms with E-state index in [0.717, 1.165) is 18.2 Å². The average molecular weight is 321 g/mol. The fourth-order valence-electron chi connectivity index (χ4n) is 1.94. The van der Waals surface area contributed by atoms with E-state index in [1.54, 1.807) is 18.2 Å². The summed E-state index contributed by atoms with van der Waals surface area (Å²) in [6.07, 6.45) is 0. The first-order valence-electron chi connectivity index (χ1n) is 6.76. The van der Waals surface area contributed by atoms with Crippen molar-refractivity contribution in [1.29, 1.82) is 0 Å². The predicted octanol–water partition coefficient (Wildman–Crippen LogP) is 2.91. The van der Waals surface area contributed by atoms with Gasteiger partial charge in [-0.3, -0.25) is 0 Å². The van der Waals surface area contributed by atoms with Crippen molar-refractivity contribution in [2.75, 3.05) is 19.5 Å². The molecule has 2 aromatic rings. The van der Waals surface area contributed by atoms with Gasteiger partial charge in [0.2, 0.25) is 0 Å². The van der Waals surface area contributed by atoms with E-state index in [2.05, 4.69) is 10.3 Å². The van der Waals surface area contributed by atoms with Crippen molar-refractivity contribution in [1.82, 2.24) is 0 Å². The molecule has 0 bridgehead atoms. The molecule has 0 aliphatic heterocycles. The number of hydrogen-bond acceptors (Lipinski definition) is 3. The summed E-state index contributed by atoms with van der Waals surface area (Å²) in [4.78, 5) is 3.99. The van der Waals surface area contributed by atoms with Crippen molar-refractivity contribution in [3.63, 3.8) is 0 Å². The van der Waals surface area contributed by atoms with Gasteiger partial charge in [0.1, 0.15) is 11.6 Å². The maximum Gasteiger partial charge on any atom is 0.193 e. The van der Waals surface area contributed by atoms with Gasteiger partial charge in [0.25, 0.3) is 0 Å². The topological polar surface area (TPSA) is 68.9 Å². The van der Waals surface area contributed by atoms with E-state index in [9.17, 15) is 8.78 Å². The largest absolute Gasteiger partial charge is 0.493 e. The molecule has 23 heavy (non-hydrogen) atoms. The zero-order valence-corrected chi connectivity index (χ0v) is 12.8. The van der Waals surface area contributed by atoms with Crippen LogP contribution in [-0.2, 0) is 6.54 Å². The number of ether oxygens (including phenoxy) is 2. The number of nitrogens with two attached hydrogens (primary N) is 1. The van der Waals surface area contributed by atoms with E-state index in [1.807, 2.05) is 0 Å². The SMILES string of the molecule is COc1ccc(NC(N)=NCc2cc(F)ccc2F)cc1OC. The van der Waals surface area contributed by atoms with Crippen LogP contribution in [0.5, 0.6) is 11.5 Å². The molecule has 0 saturated heterocycles. The van der Waals surface area contributed by atoms with Crippen LogP contribution in [0.1, 0.15) is 5.56 Å². The molecule has 3 N–H and O–H groups in total. The summed E-state index contributed by atoms with van der Waals surface area (Å²) in [5, 5.41) is 2.85. The zero-order chi connectivity index (χ0) is 16.8. The van der Waals surface area contributed by atoms with Gasteiger partial charge in [0.15, 0.2) is 17.5 Å². The van der Waals surface area contributed by atoms with Crippen molar-refractivity contribution in [3.05, 3.63) is 53.6 Å². The maximum absolute atomic E-state index is 13.5. The Balaban J connectivity index is 2.09. The normalized spacial score (nSPS) is 11.2. The summed E-state index contributed by atoms with van der Waals surface area (Å²) in [7, 11) is 3.06. The molecule has 0 radical (unpaired) electrons. The lowest BCUT2D eigenvalue weighted by atomic mass is 10.2. The third kappa shape index (κ3) is 4.32. The molecule has 0 heterocycles. The molecule has 0 aliphatic rings. The Morgan fingerprint density at radius 1 is 1.09 bits per heavy atom. The third-order valence-corrected chi connectivity index (χ3v) is 3.08. The first kappa shape index (κ1) is 16.5. The summed E-state index contributed by atoms with van der Waals surface area (Å²) < 4.78 is 36.9. The number of nitrogens with one attached hydrogen (secondary N) is 1. The summed E-state index contributed by atoms with van der Waals surface area (Å²) in [5.41, 5.74) is 6.51. The molecule has 2 aromatic carbocycles. The highest BCUT2D eigenvalue weighted by molar-refractivity contribution is 5.92. The van der Waals surface area contributed by atoms with Crippen molar-refractivity contribution in [2.45, 2.75) is 6.54 Å². The van der Waals surface area contributed by atoms with Crippen molar-refractivity contribution in [3.8, 4) is 11.5 Å². The van der Waals surface area contributed by atoms with Gasteiger partial charge in [-0.1, -0.05) is 0 Å². The van der Waals surface area contributed by atoms with Crippen molar-refractivity contribution >= 4 is 11.6 Å². The highest BCUT2D eigenvalue weighted by Crippen LogP contribution is 2.29. The van der Waals surface area contributed by atoms with Gasteiger partial charge >= 0.3 is 0 Å². The Labute approximate surface area is 132 Å². The van der Waals surface area contributed by atoms with E-state index >= 15 is 0 Å². The Bertz CT molecular complexity index is 720. The van der Waals surface area contributed by atoms with Gasteiger partial charge in [-0.25, -0.2) is 13.8 Å². The van der Waals surface area contributed by atoms with E-state index in [-0.39, 0.29) is 18.1 Å². The molecule has 2 rings (SSSR count). The molecule has 0 atom stereocenters. The molecule has 0 unspecified atom stereocenters. The second-order valence-corrected chi connectivity index (χ2v) is 4.63. The van der Waals surface area contributed by atoms with Crippen LogP contribution >= 0.6 is 0 Å². The van der Waals surface area contributed by atoms with Gasteiger partial charge in [0.05, 0.1) is 20.8 Å². The molecular formula is C16H17F2N3O2. The highest BCUT2D eigenvalue weighted by atomic mass is 19.1. The van der Waals surface area contributed by atoms with E-state index in [4.69, 9.17) is 15.2 Å². The zero-order valence-electron chi connectivity index (χ0n) is 12.8. The minimum atomic E-state index is -0.533. The van der Waals surface area contributed by atoms with Crippen LogP contribution in [-0.4, -0.2) is 20.2 Å². The summed E-state index contributed by atoms with van der Waals surface area (Å²) in [6.45, 7) is -0.0737. The van der Waals surface area contributed by atoms with Crippen LogP contribution in [0.15, 0.2) is 41.4 Å².